The Bertz CT molecular complexity index is 1110. The number of amides is 2. The second-order valence-electron chi connectivity index (χ2n) is 8.02. The van der Waals surface area contributed by atoms with Crippen LogP contribution < -0.4 is 5.32 Å². The number of hydrogen-bond acceptors (Lipinski definition) is 7. The first-order valence-corrected chi connectivity index (χ1v) is 12.5. The molecule has 1 aromatic heterocycles. The van der Waals surface area contributed by atoms with Crippen molar-refractivity contribution in [2.45, 2.75) is 24.8 Å². The molecular formula is C22H26ClN3O7S. The minimum atomic E-state index is -3.70. The molecule has 3 rings (SSSR count). The molecule has 2 aromatic rings. The summed E-state index contributed by atoms with van der Waals surface area (Å²) >= 11 is 5.82. The SMILES string of the molecule is CC(C)[C@H](NC(=O)c1ccco1)C(=O)OCC(=O)N1CCN(S(=O)(=O)c2ccc(Cl)cc2)CC1. The zero-order chi connectivity index (χ0) is 24.9. The maximum Gasteiger partial charge on any atom is 0.329 e. The average molecular weight is 512 g/mol. The third kappa shape index (κ3) is 6.16. The standard InChI is InChI=1S/C22H26ClN3O7S/c1-15(2)20(24-21(28)18-4-3-13-32-18)22(29)33-14-19(27)25-9-11-26(12-10-25)34(30,31)17-7-5-16(23)6-8-17/h3-8,13,15,20H,9-12,14H2,1-2H3,(H,24,28)/t20-/m0/s1. The van der Waals surface area contributed by atoms with Gasteiger partial charge in [-0.3, -0.25) is 9.59 Å². The van der Waals surface area contributed by atoms with Crippen LogP contribution in [0, 0.1) is 5.92 Å². The van der Waals surface area contributed by atoms with Crippen molar-refractivity contribution in [3.05, 3.63) is 53.4 Å². The van der Waals surface area contributed by atoms with Crippen molar-refractivity contribution in [1.29, 1.82) is 0 Å². The average Bonchev–Trinajstić information content (AvgIpc) is 3.36. The van der Waals surface area contributed by atoms with E-state index in [0.717, 1.165) is 0 Å². The Labute approximate surface area is 202 Å². The fourth-order valence-electron chi connectivity index (χ4n) is 3.37. The van der Waals surface area contributed by atoms with Crippen LogP contribution in [0.15, 0.2) is 52.0 Å². The first-order valence-electron chi connectivity index (χ1n) is 10.6. The Kier molecular flexibility index (Phi) is 8.34. The predicted molar refractivity (Wildman–Crippen MR) is 123 cm³/mol. The second-order valence-corrected chi connectivity index (χ2v) is 10.4. The Morgan fingerprint density at radius 1 is 1.09 bits per heavy atom. The number of esters is 1. The number of nitrogens with one attached hydrogen (secondary N) is 1. The highest BCUT2D eigenvalue weighted by molar-refractivity contribution is 7.89. The topological polar surface area (TPSA) is 126 Å². The van der Waals surface area contributed by atoms with E-state index in [4.69, 9.17) is 20.8 Å². The van der Waals surface area contributed by atoms with Crippen molar-refractivity contribution < 1.29 is 32.0 Å². The van der Waals surface area contributed by atoms with E-state index in [1.807, 2.05) is 0 Å². The quantitative estimate of drug-likeness (QED) is 0.535. The van der Waals surface area contributed by atoms with Crippen LogP contribution in [0.5, 0.6) is 0 Å². The zero-order valence-corrected chi connectivity index (χ0v) is 20.3. The highest BCUT2D eigenvalue weighted by Crippen LogP contribution is 2.20. The fraction of sp³-hybridized carbons (Fsp3) is 0.409. The molecule has 184 valence electrons. The van der Waals surface area contributed by atoms with Gasteiger partial charge in [-0.25, -0.2) is 13.2 Å². The summed E-state index contributed by atoms with van der Waals surface area (Å²) in [4.78, 5) is 38.8. The van der Waals surface area contributed by atoms with Gasteiger partial charge in [0.25, 0.3) is 11.8 Å². The van der Waals surface area contributed by atoms with Gasteiger partial charge in [0.05, 0.1) is 11.2 Å². The van der Waals surface area contributed by atoms with E-state index in [9.17, 15) is 22.8 Å². The summed E-state index contributed by atoms with van der Waals surface area (Å²) in [6.45, 7) is 3.49. The lowest BCUT2D eigenvalue weighted by molar-refractivity contribution is -0.154. The number of hydrogen-bond donors (Lipinski definition) is 1. The monoisotopic (exact) mass is 511 g/mol. The van der Waals surface area contributed by atoms with E-state index in [-0.39, 0.29) is 42.8 Å². The van der Waals surface area contributed by atoms with E-state index in [1.165, 1.54) is 45.8 Å². The number of rotatable bonds is 8. The molecule has 2 heterocycles. The molecule has 0 spiro atoms. The van der Waals surface area contributed by atoms with Gasteiger partial charge in [-0.05, 0) is 42.3 Å². The molecular weight excluding hydrogens is 486 g/mol. The van der Waals surface area contributed by atoms with E-state index < -0.39 is 40.5 Å². The number of benzene rings is 1. The van der Waals surface area contributed by atoms with Gasteiger partial charge in [0.2, 0.25) is 10.0 Å². The molecule has 0 bridgehead atoms. The summed E-state index contributed by atoms with van der Waals surface area (Å²) in [5.41, 5.74) is 0. The molecule has 0 saturated carbocycles. The molecule has 0 aliphatic carbocycles. The maximum absolute atomic E-state index is 12.8. The largest absolute Gasteiger partial charge is 0.459 e. The number of sulfonamides is 1. The molecule has 12 heteroatoms. The van der Waals surface area contributed by atoms with Crippen LogP contribution in [0.1, 0.15) is 24.4 Å². The van der Waals surface area contributed by atoms with Crippen LogP contribution in [0.25, 0.3) is 0 Å². The molecule has 1 aromatic carbocycles. The summed E-state index contributed by atoms with van der Waals surface area (Å²) in [6, 6.07) is 7.93. The molecule has 1 aliphatic rings. The van der Waals surface area contributed by atoms with E-state index in [1.54, 1.807) is 19.9 Å². The number of nitrogens with zero attached hydrogens (tertiary/aromatic N) is 2. The number of carbonyl (C=O) groups is 3. The van der Waals surface area contributed by atoms with Crippen molar-refractivity contribution in [3.8, 4) is 0 Å². The van der Waals surface area contributed by atoms with Crippen molar-refractivity contribution in [3.63, 3.8) is 0 Å². The van der Waals surface area contributed by atoms with Gasteiger partial charge >= 0.3 is 5.97 Å². The molecule has 34 heavy (non-hydrogen) atoms. The smallest absolute Gasteiger partial charge is 0.329 e. The summed E-state index contributed by atoms with van der Waals surface area (Å²) in [7, 11) is -3.70. The number of ether oxygens (including phenoxy) is 1. The third-order valence-electron chi connectivity index (χ3n) is 5.33. The van der Waals surface area contributed by atoms with Crippen molar-refractivity contribution in [2.24, 2.45) is 5.92 Å². The van der Waals surface area contributed by atoms with Crippen LogP contribution in [-0.4, -0.2) is 74.2 Å². The summed E-state index contributed by atoms with van der Waals surface area (Å²) in [5, 5.41) is 2.98. The zero-order valence-electron chi connectivity index (χ0n) is 18.8. The van der Waals surface area contributed by atoms with E-state index >= 15 is 0 Å². The van der Waals surface area contributed by atoms with Gasteiger partial charge in [-0.1, -0.05) is 25.4 Å². The predicted octanol–water partition coefficient (Wildman–Crippen LogP) is 1.76. The van der Waals surface area contributed by atoms with Gasteiger partial charge in [-0.15, -0.1) is 0 Å². The van der Waals surface area contributed by atoms with Crippen LogP contribution in [0.4, 0.5) is 0 Å². The fourth-order valence-corrected chi connectivity index (χ4v) is 4.91. The molecule has 1 fully saturated rings. The normalized spacial score (nSPS) is 15.7. The number of halogens is 1. The lowest BCUT2D eigenvalue weighted by Crippen LogP contribution is -2.52. The van der Waals surface area contributed by atoms with Crippen LogP contribution in [-0.2, 0) is 24.3 Å². The van der Waals surface area contributed by atoms with Gasteiger partial charge in [0, 0.05) is 31.2 Å². The van der Waals surface area contributed by atoms with Crippen molar-refractivity contribution in [2.75, 3.05) is 32.8 Å². The molecule has 0 unspecified atom stereocenters. The first-order chi connectivity index (χ1) is 16.1. The highest BCUT2D eigenvalue weighted by atomic mass is 35.5. The Balaban J connectivity index is 1.50. The van der Waals surface area contributed by atoms with Crippen LogP contribution >= 0.6 is 11.6 Å². The lowest BCUT2D eigenvalue weighted by Gasteiger charge is -2.34. The Morgan fingerprint density at radius 2 is 1.74 bits per heavy atom. The molecule has 1 aliphatic heterocycles. The van der Waals surface area contributed by atoms with E-state index in [0.29, 0.717) is 5.02 Å². The summed E-state index contributed by atoms with van der Waals surface area (Å²) in [6.07, 6.45) is 1.34. The minimum absolute atomic E-state index is 0.0564. The van der Waals surface area contributed by atoms with Gasteiger partial charge < -0.3 is 19.4 Å². The lowest BCUT2D eigenvalue weighted by atomic mass is 10.0. The van der Waals surface area contributed by atoms with Crippen LogP contribution in [0.3, 0.4) is 0 Å². The van der Waals surface area contributed by atoms with Gasteiger partial charge in [0.15, 0.2) is 12.4 Å². The van der Waals surface area contributed by atoms with Gasteiger partial charge in [-0.2, -0.15) is 4.31 Å². The minimum Gasteiger partial charge on any atom is -0.459 e. The number of piperazine rings is 1. The first kappa shape index (κ1) is 25.7. The molecule has 10 nitrogen and oxygen atoms in total. The Morgan fingerprint density at radius 3 is 2.29 bits per heavy atom. The van der Waals surface area contributed by atoms with Crippen molar-refractivity contribution >= 4 is 39.4 Å². The molecule has 1 N–H and O–H groups in total. The summed E-state index contributed by atoms with van der Waals surface area (Å²) in [5.74, 6) is -1.99. The molecule has 1 atom stereocenters. The van der Waals surface area contributed by atoms with E-state index in [2.05, 4.69) is 5.32 Å². The maximum atomic E-state index is 12.8. The van der Waals surface area contributed by atoms with Gasteiger partial charge in [0.1, 0.15) is 6.04 Å². The second kappa shape index (κ2) is 11.0. The Hall–Kier alpha value is -2.89. The summed E-state index contributed by atoms with van der Waals surface area (Å²) < 4.78 is 37.0. The van der Waals surface area contributed by atoms with Crippen molar-refractivity contribution in [1.82, 2.24) is 14.5 Å². The number of furan rings is 1. The van der Waals surface area contributed by atoms with Crippen LogP contribution in [0.2, 0.25) is 5.02 Å². The molecule has 2 amide bonds. The third-order valence-corrected chi connectivity index (χ3v) is 7.50. The highest BCUT2D eigenvalue weighted by Gasteiger charge is 2.32. The number of carbonyl (C=O) groups excluding carboxylic acids is 3. The molecule has 0 radical (unpaired) electrons. The molecule has 1 saturated heterocycles.